The Bertz CT molecular complexity index is 988. The van der Waals surface area contributed by atoms with Gasteiger partial charge in [0.1, 0.15) is 0 Å². The van der Waals surface area contributed by atoms with Crippen LogP contribution >= 0.6 is 0 Å². The molecule has 0 heterocycles. The molecule has 0 atom stereocenters. The van der Waals surface area contributed by atoms with Crippen molar-refractivity contribution in [3.05, 3.63) is 53.1 Å². The molecule has 0 aliphatic carbocycles. The van der Waals surface area contributed by atoms with Crippen LogP contribution in [0.4, 0.5) is 5.69 Å². The monoisotopic (exact) mass is 426 g/mol. The van der Waals surface area contributed by atoms with Gasteiger partial charge in [-0.05, 0) is 67.8 Å². The van der Waals surface area contributed by atoms with Gasteiger partial charge < -0.3 is 20.1 Å². The van der Waals surface area contributed by atoms with E-state index in [0.29, 0.717) is 29.3 Å². The van der Waals surface area contributed by atoms with Crippen LogP contribution in [0.5, 0.6) is 11.5 Å². The zero-order valence-electron chi connectivity index (χ0n) is 17.9. The number of ether oxygens (including phenoxy) is 2. The van der Waals surface area contributed by atoms with Gasteiger partial charge in [-0.3, -0.25) is 14.4 Å². The number of nitrogens with zero attached hydrogens (tertiary/aromatic N) is 1. The van der Waals surface area contributed by atoms with Gasteiger partial charge in [-0.25, -0.2) is 5.43 Å². The van der Waals surface area contributed by atoms with Gasteiger partial charge in [0.25, 0.3) is 5.91 Å². The Morgan fingerprint density at radius 3 is 2.45 bits per heavy atom. The Morgan fingerprint density at radius 1 is 1.00 bits per heavy atom. The van der Waals surface area contributed by atoms with Gasteiger partial charge in [-0.1, -0.05) is 6.07 Å². The summed E-state index contributed by atoms with van der Waals surface area (Å²) in [6, 6.07) is 10.6. The summed E-state index contributed by atoms with van der Waals surface area (Å²) in [5.41, 5.74) is 5.66. The Labute approximate surface area is 180 Å². The van der Waals surface area contributed by atoms with E-state index >= 15 is 0 Å². The largest absolute Gasteiger partial charge is 0.493 e. The fraction of sp³-hybridized carbons (Fsp3) is 0.273. The number of amides is 3. The molecular weight excluding hydrogens is 400 g/mol. The topological polar surface area (TPSA) is 118 Å². The molecule has 0 aliphatic heterocycles. The number of methoxy groups -OCH3 is 1. The summed E-state index contributed by atoms with van der Waals surface area (Å²) in [7, 11) is 1.47. The van der Waals surface area contributed by atoms with Crippen molar-refractivity contribution in [2.75, 3.05) is 25.6 Å². The van der Waals surface area contributed by atoms with Crippen LogP contribution in [0.1, 0.15) is 23.6 Å². The highest BCUT2D eigenvalue weighted by Crippen LogP contribution is 2.27. The molecule has 0 saturated carbocycles. The number of hydrogen-bond donors (Lipinski definition) is 3. The highest BCUT2D eigenvalue weighted by atomic mass is 16.5. The Kier molecular flexibility index (Phi) is 8.56. The maximum Gasteiger partial charge on any atom is 0.329 e. The first-order chi connectivity index (χ1) is 14.8. The van der Waals surface area contributed by atoms with Crippen molar-refractivity contribution in [1.29, 1.82) is 0 Å². The molecule has 2 rings (SSSR count). The van der Waals surface area contributed by atoms with Crippen molar-refractivity contribution >= 4 is 29.6 Å². The zero-order valence-corrected chi connectivity index (χ0v) is 17.9. The van der Waals surface area contributed by atoms with E-state index in [2.05, 4.69) is 21.2 Å². The maximum absolute atomic E-state index is 12.2. The first kappa shape index (κ1) is 23.4. The van der Waals surface area contributed by atoms with Crippen LogP contribution < -0.4 is 25.5 Å². The number of nitrogens with one attached hydrogen (secondary N) is 3. The van der Waals surface area contributed by atoms with Crippen LogP contribution in [0.15, 0.2) is 41.5 Å². The minimum atomic E-state index is -0.861. The van der Waals surface area contributed by atoms with Crippen LogP contribution in [0, 0.1) is 13.8 Å². The molecule has 0 spiro atoms. The summed E-state index contributed by atoms with van der Waals surface area (Å²) < 4.78 is 10.9. The Morgan fingerprint density at radius 2 is 1.77 bits per heavy atom. The van der Waals surface area contributed by atoms with Crippen molar-refractivity contribution in [2.45, 2.75) is 20.8 Å². The molecule has 0 aromatic heterocycles. The number of carbonyl (C=O) groups is 3. The molecule has 0 bridgehead atoms. The summed E-state index contributed by atoms with van der Waals surface area (Å²) in [5, 5.41) is 8.89. The van der Waals surface area contributed by atoms with Gasteiger partial charge in [-0.2, -0.15) is 5.10 Å². The van der Waals surface area contributed by atoms with Crippen LogP contribution in [-0.2, 0) is 14.4 Å². The molecular formula is C22H26N4O5. The van der Waals surface area contributed by atoms with Crippen molar-refractivity contribution < 1.29 is 23.9 Å². The van der Waals surface area contributed by atoms with Gasteiger partial charge in [0.2, 0.25) is 0 Å². The second-order valence-corrected chi connectivity index (χ2v) is 6.60. The molecule has 0 unspecified atom stereocenters. The summed E-state index contributed by atoms with van der Waals surface area (Å²) in [6.45, 7) is 5.83. The minimum Gasteiger partial charge on any atom is -0.493 e. The van der Waals surface area contributed by atoms with Crippen LogP contribution in [0.2, 0.25) is 0 Å². The van der Waals surface area contributed by atoms with Gasteiger partial charge in [-0.15, -0.1) is 0 Å². The van der Waals surface area contributed by atoms with E-state index in [-0.39, 0.29) is 12.5 Å². The molecule has 0 saturated heterocycles. The maximum atomic E-state index is 12.2. The summed E-state index contributed by atoms with van der Waals surface area (Å²) in [6.07, 6.45) is 1.36. The molecule has 0 aliphatic rings. The predicted molar refractivity (Wildman–Crippen MR) is 117 cm³/mol. The number of hydrogen-bond acceptors (Lipinski definition) is 6. The molecule has 9 nitrogen and oxygen atoms in total. The van der Waals surface area contributed by atoms with Crippen molar-refractivity contribution in [3.63, 3.8) is 0 Å². The standard InChI is InChI=1S/C22H26N4O5/c1-5-23-21(28)22(29)26-24-12-16-7-9-18(19(11-16)30-4)31-13-20(27)25-17-8-6-14(2)15(3)10-17/h6-12H,5,13H2,1-4H3,(H,23,28)(H,25,27)(H,26,29)/b24-12-. The lowest BCUT2D eigenvalue weighted by Gasteiger charge is -2.12. The molecule has 31 heavy (non-hydrogen) atoms. The highest BCUT2D eigenvalue weighted by molar-refractivity contribution is 6.35. The lowest BCUT2D eigenvalue weighted by molar-refractivity contribution is -0.139. The van der Waals surface area contributed by atoms with Crippen molar-refractivity contribution in [3.8, 4) is 11.5 Å². The Hall–Kier alpha value is -3.88. The fourth-order valence-corrected chi connectivity index (χ4v) is 2.50. The van der Waals surface area contributed by atoms with Crippen LogP contribution in [0.3, 0.4) is 0 Å². The number of likely N-dealkylation sites (N-methyl/N-ethyl adjacent to an activating group) is 1. The summed E-state index contributed by atoms with van der Waals surface area (Å²) >= 11 is 0. The Balaban J connectivity index is 1.94. The second kappa shape index (κ2) is 11.3. The summed E-state index contributed by atoms with van der Waals surface area (Å²) in [4.78, 5) is 35.0. The first-order valence-electron chi connectivity index (χ1n) is 9.63. The summed E-state index contributed by atoms with van der Waals surface area (Å²) in [5.74, 6) is -1.16. The average molecular weight is 426 g/mol. The van der Waals surface area contributed by atoms with E-state index in [0.717, 1.165) is 11.1 Å². The molecule has 3 amide bonds. The van der Waals surface area contributed by atoms with E-state index in [4.69, 9.17) is 9.47 Å². The van der Waals surface area contributed by atoms with Crippen LogP contribution in [0.25, 0.3) is 0 Å². The van der Waals surface area contributed by atoms with Crippen molar-refractivity contribution in [1.82, 2.24) is 10.7 Å². The minimum absolute atomic E-state index is 0.195. The molecule has 164 valence electrons. The molecule has 2 aromatic rings. The number of aryl methyl sites for hydroxylation is 2. The van der Waals surface area contributed by atoms with Gasteiger partial charge in [0, 0.05) is 12.2 Å². The van der Waals surface area contributed by atoms with Crippen molar-refractivity contribution in [2.24, 2.45) is 5.10 Å². The SMILES string of the molecule is CCNC(=O)C(=O)N/N=C\c1ccc(OCC(=O)Nc2ccc(C)c(C)c2)c(OC)c1. The molecule has 2 aromatic carbocycles. The molecule has 3 N–H and O–H groups in total. The average Bonchev–Trinajstić information content (AvgIpc) is 2.75. The molecule has 0 radical (unpaired) electrons. The van der Waals surface area contributed by atoms with E-state index in [1.807, 2.05) is 32.0 Å². The van der Waals surface area contributed by atoms with Crippen LogP contribution in [-0.4, -0.2) is 44.2 Å². The lowest BCUT2D eigenvalue weighted by Crippen LogP contribution is -2.37. The van der Waals surface area contributed by atoms with E-state index in [1.54, 1.807) is 25.1 Å². The quantitative estimate of drug-likeness (QED) is 0.339. The van der Waals surface area contributed by atoms with E-state index in [9.17, 15) is 14.4 Å². The lowest BCUT2D eigenvalue weighted by atomic mass is 10.1. The number of anilines is 1. The predicted octanol–water partition coefficient (Wildman–Crippen LogP) is 1.92. The normalized spacial score (nSPS) is 10.5. The second-order valence-electron chi connectivity index (χ2n) is 6.60. The third kappa shape index (κ3) is 7.14. The number of benzene rings is 2. The van der Waals surface area contributed by atoms with E-state index in [1.165, 1.54) is 13.3 Å². The first-order valence-corrected chi connectivity index (χ1v) is 9.63. The third-order valence-corrected chi connectivity index (χ3v) is 4.26. The molecule has 9 heteroatoms. The third-order valence-electron chi connectivity index (χ3n) is 4.26. The number of rotatable bonds is 8. The number of hydrazone groups is 1. The number of carbonyl (C=O) groups excluding carboxylic acids is 3. The van der Waals surface area contributed by atoms with E-state index < -0.39 is 11.8 Å². The fourth-order valence-electron chi connectivity index (χ4n) is 2.50. The van der Waals surface area contributed by atoms with Gasteiger partial charge in [0.15, 0.2) is 18.1 Å². The highest BCUT2D eigenvalue weighted by Gasteiger charge is 2.11. The molecule has 0 fully saturated rings. The zero-order chi connectivity index (χ0) is 22.8. The van der Waals surface area contributed by atoms with Gasteiger partial charge >= 0.3 is 11.8 Å². The smallest absolute Gasteiger partial charge is 0.329 e. The van der Waals surface area contributed by atoms with Gasteiger partial charge in [0.05, 0.1) is 13.3 Å².